The predicted molar refractivity (Wildman–Crippen MR) is 70.2 cm³/mol. The minimum Gasteiger partial charge on any atom is -0.493 e. The smallest absolute Gasteiger partial charge is 0.471 e. The number of hydrogen-bond acceptors (Lipinski definition) is 3. The zero-order valence-corrected chi connectivity index (χ0v) is 12.3. The third-order valence-electron chi connectivity index (χ3n) is 2.25. The van der Waals surface area contributed by atoms with Crippen molar-refractivity contribution in [3.8, 4) is 11.5 Å². The number of methoxy groups -OCH3 is 2. The van der Waals surface area contributed by atoms with Crippen molar-refractivity contribution in [2.75, 3.05) is 14.2 Å². The first kappa shape index (κ1) is 15.9. The molecule has 1 aromatic carbocycles. The summed E-state index contributed by atoms with van der Waals surface area (Å²) in [7, 11) is 2.88. The van der Waals surface area contributed by atoms with Crippen LogP contribution in [-0.2, 0) is 11.3 Å². The van der Waals surface area contributed by atoms with E-state index in [0.717, 1.165) is 0 Å². The van der Waals surface area contributed by atoms with Crippen LogP contribution in [0, 0.1) is 3.57 Å². The third kappa shape index (κ3) is 4.15. The quantitative estimate of drug-likeness (QED) is 0.806. The molecule has 1 rings (SSSR count). The second kappa shape index (κ2) is 6.31. The lowest BCUT2D eigenvalue weighted by atomic mass is 10.2. The van der Waals surface area contributed by atoms with Gasteiger partial charge < -0.3 is 14.8 Å². The van der Waals surface area contributed by atoms with Crippen molar-refractivity contribution in [1.82, 2.24) is 5.32 Å². The lowest BCUT2D eigenvalue weighted by molar-refractivity contribution is -0.173. The fourth-order valence-corrected chi connectivity index (χ4v) is 1.94. The van der Waals surface area contributed by atoms with Crippen LogP contribution >= 0.6 is 22.6 Å². The van der Waals surface area contributed by atoms with E-state index in [2.05, 4.69) is 0 Å². The number of carbonyl (C=O) groups excluding carboxylic acids is 1. The average molecular weight is 389 g/mol. The molecule has 0 aliphatic carbocycles. The highest BCUT2D eigenvalue weighted by atomic mass is 127. The standard InChI is InChI=1S/C11H11F3INO3/c1-18-8-3-6(7(15)4-9(8)19-2)5-16-10(17)11(12,13)14/h3-4H,5H2,1-2H3,(H,16,17). The SMILES string of the molecule is COc1cc(I)c(CNC(=O)C(F)(F)F)cc1OC. The molecular formula is C11H11F3INO3. The number of amides is 1. The Kier molecular flexibility index (Phi) is 5.27. The summed E-state index contributed by atoms with van der Waals surface area (Å²) < 4.78 is 46.9. The van der Waals surface area contributed by atoms with Gasteiger partial charge in [0.25, 0.3) is 0 Å². The van der Waals surface area contributed by atoms with Crippen LogP contribution in [0.5, 0.6) is 11.5 Å². The van der Waals surface area contributed by atoms with Crippen molar-refractivity contribution in [3.63, 3.8) is 0 Å². The van der Waals surface area contributed by atoms with Gasteiger partial charge in [-0.3, -0.25) is 4.79 Å². The van der Waals surface area contributed by atoms with E-state index in [4.69, 9.17) is 9.47 Å². The second-order valence-electron chi connectivity index (χ2n) is 3.48. The van der Waals surface area contributed by atoms with Gasteiger partial charge in [0.2, 0.25) is 0 Å². The topological polar surface area (TPSA) is 47.6 Å². The van der Waals surface area contributed by atoms with Gasteiger partial charge in [0.15, 0.2) is 11.5 Å². The summed E-state index contributed by atoms with van der Waals surface area (Å²) in [6, 6.07) is 3.14. The lowest BCUT2D eigenvalue weighted by Crippen LogP contribution is -2.36. The number of benzene rings is 1. The average Bonchev–Trinajstić information content (AvgIpc) is 2.35. The molecule has 8 heteroatoms. The maximum absolute atomic E-state index is 12.1. The summed E-state index contributed by atoms with van der Waals surface area (Å²) >= 11 is 1.94. The number of ether oxygens (including phenoxy) is 2. The molecule has 0 aliphatic rings. The summed E-state index contributed by atoms with van der Waals surface area (Å²) in [4.78, 5) is 10.7. The molecule has 0 aliphatic heterocycles. The number of carbonyl (C=O) groups is 1. The van der Waals surface area contributed by atoms with Crippen LogP contribution < -0.4 is 14.8 Å². The molecule has 1 amide bonds. The van der Waals surface area contributed by atoms with Crippen molar-refractivity contribution >= 4 is 28.5 Å². The van der Waals surface area contributed by atoms with Crippen LogP contribution in [0.4, 0.5) is 13.2 Å². The summed E-state index contributed by atoms with van der Waals surface area (Å²) in [5.74, 6) is -1.12. The molecule has 0 spiro atoms. The molecule has 0 atom stereocenters. The zero-order valence-electron chi connectivity index (χ0n) is 10.1. The van der Waals surface area contributed by atoms with Crippen molar-refractivity contribution < 1.29 is 27.4 Å². The number of alkyl halides is 3. The molecule has 0 aromatic heterocycles. The van der Waals surface area contributed by atoms with E-state index in [1.165, 1.54) is 20.3 Å². The number of hydrogen-bond donors (Lipinski definition) is 1. The fraction of sp³-hybridized carbons (Fsp3) is 0.364. The zero-order chi connectivity index (χ0) is 14.6. The molecule has 1 N–H and O–H groups in total. The molecule has 0 saturated carbocycles. The highest BCUT2D eigenvalue weighted by Crippen LogP contribution is 2.31. The van der Waals surface area contributed by atoms with E-state index in [9.17, 15) is 18.0 Å². The Morgan fingerprint density at radius 2 is 1.79 bits per heavy atom. The van der Waals surface area contributed by atoms with Gasteiger partial charge in [-0.05, 0) is 40.3 Å². The van der Waals surface area contributed by atoms with Gasteiger partial charge in [-0.15, -0.1) is 0 Å². The fourth-order valence-electron chi connectivity index (χ4n) is 1.31. The first-order valence-corrected chi connectivity index (χ1v) is 6.13. The van der Waals surface area contributed by atoms with E-state index in [1.54, 1.807) is 11.4 Å². The Hall–Kier alpha value is -1.19. The highest BCUT2D eigenvalue weighted by Gasteiger charge is 2.38. The molecular weight excluding hydrogens is 378 g/mol. The largest absolute Gasteiger partial charge is 0.493 e. The molecule has 0 heterocycles. The van der Waals surface area contributed by atoms with Crippen LogP contribution in [-0.4, -0.2) is 26.3 Å². The van der Waals surface area contributed by atoms with Gasteiger partial charge in [0.05, 0.1) is 14.2 Å². The van der Waals surface area contributed by atoms with Crippen molar-refractivity contribution in [3.05, 3.63) is 21.3 Å². The van der Waals surface area contributed by atoms with Gasteiger partial charge in [-0.25, -0.2) is 0 Å². The molecule has 0 radical (unpaired) electrons. The van der Waals surface area contributed by atoms with Crippen molar-refractivity contribution in [2.24, 2.45) is 0 Å². The molecule has 0 fully saturated rings. The monoisotopic (exact) mass is 389 g/mol. The van der Waals surface area contributed by atoms with Crippen LogP contribution in [0.2, 0.25) is 0 Å². The first-order chi connectivity index (χ1) is 8.79. The Balaban J connectivity index is 2.88. The Morgan fingerprint density at radius 3 is 2.26 bits per heavy atom. The maximum atomic E-state index is 12.1. The Morgan fingerprint density at radius 1 is 1.26 bits per heavy atom. The summed E-state index contributed by atoms with van der Waals surface area (Å²) in [6.45, 7) is -0.239. The highest BCUT2D eigenvalue weighted by molar-refractivity contribution is 14.1. The summed E-state index contributed by atoms with van der Waals surface area (Å²) in [5.41, 5.74) is 0.510. The van der Waals surface area contributed by atoms with Gasteiger partial charge in [0, 0.05) is 10.1 Å². The molecule has 0 unspecified atom stereocenters. The summed E-state index contributed by atoms with van der Waals surface area (Å²) in [6.07, 6.45) is -4.89. The van der Waals surface area contributed by atoms with Crippen LogP contribution in [0.1, 0.15) is 5.56 Å². The van der Waals surface area contributed by atoms with Crippen LogP contribution in [0.3, 0.4) is 0 Å². The molecule has 0 saturated heterocycles. The number of halogens is 4. The molecule has 4 nitrogen and oxygen atoms in total. The first-order valence-electron chi connectivity index (χ1n) is 5.05. The maximum Gasteiger partial charge on any atom is 0.471 e. The number of rotatable bonds is 4. The van der Waals surface area contributed by atoms with E-state index < -0.39 is 12.1 Å². The Bertz CT molecular complexity index is 477. The van der Waals surface area contributed by atoms with E-state index in [1.807, 2.05) is 22.6 Å². The van der Waals surface area contributed by atoms with Crippen molar-refractivity contribution in [2.45, 2.75) is 12.7 Å². The van der Waals surface area contributed by atoms with Crippen LogP contribution in [0.25, 0.3) is 0 Å². The second-order valence-corrected chi connectivity index (χ2v) is 4.64. The minimum atomic E-state index is -4.89. The minimum absolute atomic E-state index is 0.239. The van der Waals surface area contributed by atoms with E-state index >= 15 is 0 Å². The van der Waals surface area contributed by atoms with E-state index in [0.29, 0.717) is 20.6 Å². The predicted octanol–water partition coefficient (Wildman–Crippen LogP) is 2.49. The third-order valence-corrected chi connectivity index (χ3v) is 3.25. The van der Waals surface area contributed by atoms with Gasteiger partial charge >= 0.3 is 12.1 Å². The van der Waals surface area contributed by atoms with Crippen LogP contribution in [0.15, 0.2) is 12.1 Å². The molecule has 1 aromatic rings. The number of nitrogens with one attached hydrogen (secondary N) is 1. The van der Waals surface area contributed by atoms with Gasteiger partial charge in [-0.1, -0.05) is 0 Å². The lowest BCUT2D eigenvalue weighted by Gasteiger charge is -2.13. The van der Waals surface area contributed by atoms with Gasteiger partial charge in [0.1, 0.15) is 0 Å². The summed E-state index contributed by atoms with van der Waals surface area (Å²) in [5, 5.41) is 1.80. The molecule has 0 bridgehead atoms. The molecule has 106 valence electrons. The Labute approximate surface area is 121 Å². The van der Waals surface area contributed by atoms with Gasteiger partial charge in [-0.2, -0.15) is 13.2 Å². The van der Waals surface area contributed by atoms with Crippen molar-refractivity contribution in [1.29, 1.82) is 0 Å². The molecule has 19 heavy (non-hydrogen) atoms. The van der Waals surface area contributed by atoms with E-state index in [-0.39, 0.29) is 6.54 Å². The normalized spacial score (nSPS) is 11.1.